The van der Waals surface area contributed by atoms with Crippen LogP contribution in [0.1, 0.15) is 21.5 Å². The van der Waals surface area contributed by atoms with Crippen LogP contribution in [0.5, 0.6) is 0 Å². The minimum Gasteiger partial charge on any atom is -0.324 e. The summed E-state index contributed by atoms with van der Waals surface area (Å²) in [5.41, 5.74) is 7.24. The van der Waals surface area contributed by atoms with Crippen molar-refractivity contribution in [3.05, 3.63) is 114 Å². The zero-order valence-corrected chi connectivity index (χ0v) is 19.0. The quantitative estimate of drug-likeness (QED) is 0.309. The lowest BCUT2D eigenvalue weighted by Crippen LogP contribution is -2.11. The molecule has 0 bridgehead atoms. The minimum atomic E-state index is -0.154. The molecule has 0 aliphatic rings. The Bertz CT molecular complexity index is 1460. The van der Waals surface area contributed by atoms with Gasteiger partial charge in [-0.3, -0.25) is 4.79 Å². The van der Waals surface area contributed by atoms with Crippen LogP contribution in [-0.4, -0.2) is 15.9 Å². The van der Waals surface area contributed by atoms with Gasteiger partial charge in [-0.25, -0.2) is 9.97 Å². The molecule has 4 aromatic carbocycles. The second-order valence-corrected chi connectivity index (χ2v) is 8.30. The zero-order chi connectivity index (χ0) is 23.5. The molecule has 0 saturated heterocycles. The van der Waals surface area contributed by atoms with E-state index in [4.69, 9.17) is 9.97 Å². The lowest BCUT2D eigenvalue weighted by atomic mass is 10.0. The molecule has 0 radical (unpaired) electrons. The lowest BCUT2D eigenvalue weighted by Gasteiger charge is -2.12. The number of nitrogens with one attached hydrogen (secondary N) is 2. The van der Waals surface area contributed by atoms with Crippen LogP contribution >= 0.6 is 0 Å². The molecule has 0 fully saturated rings. The van der Waals surface area contributed by atoms with E-state index >= 15 is 0 Å². The summed E-state index contributed by atoms with van der Waals surface area (Å²) in [4.78, 5) is 22.1. The van der Waals surface area contributed by atoms with Gasteiger partial charge < -0.3 is 10.6 Å². The fraction of sp³-hybridized carbons (Fsp3) is 0.0690. The molecular formula is C29H24N4O. The fourth-order valence-corrected chi connectivity index (χ4v) is 3.79. The lowest BCUT2D eigenvalue weighted by molar-refractivity contribution is 0.102. The van der Waals surface area contributed by atoms with E-state index in [1.165, 1.54) is 0 Å². The molecule has 1 amide bonds. The topological polar surface area (TPSA) is 66.9 Å². The highest BCUT2D eigenvalue weighted by Crippen LogP contribution is 2.29. The molecule has 5 rings (SSSR count). The van der Waals surface area contributed by atoms with E-state index in [0.29, 0.717) is 11.5 Å². The van der Waals surface area contributed by atoms with Crippen molar-refractivity contribution in [3.8, 4) is 11.3 Å². The summed E-state index contributed by atoms with van der Waals surface area (Å²) in [5.74, 6) is 0.353. The second kappa shape index (κ2) is 9.16. The van der Waals surface area contributed by atoms with E-state index in [-0.39, 0.29) is 5.91 Å². The van der Waals surface area contributed by atoms with Crippen LogP contribution in [0.2, 0.25) is 0 Å². The molecule has 166 valence electrons. The van der Waals surface area contributed by atoms with Crippen molar-refractivity contribution in [2.24, 2.45) is 0 Å². The molecular weight excluding hydrogens is 420 g/mol. The average Bonchev–Trinajstić information content (AvgIpc) is 2.86. The van der Waals surface area contributed by atoms with Gasteiger partial charge >= 0.3 is 0 Å². The highest BCUT2D eigenvalue weighted by molar-refractivity contribution is 6.04. The zero-order valence-electron chi connectivity index (χ0n) is 19.0. The standard InChI is InChI=1S/C29H24N4O/c1-19-8-13-23(14-9-19)30-28(34)22-11-15-24(16-12-22)31-29-32-26-17-10-20(2)18-25(26)27(33-29)21-6-4-3-5-7-21/h3-18H,1-2H3,(H,30,34)(H,31,32,33). The monoisotopic (exact) mass is 444 g/mol. The predicted octanol–water partition coefficient (Wildman–Crippen LogP) is 6.91. The first kappa shape index (κ1) is 21.3. The first-order valence-corrected chi connectivity index (χ1v) is 11.1. The number of anilines is 3. The second-order valence-electron chi connectivity index (χ2n) is 8.30. The predicted molar refractivity (Wildman–Crippen MR) is 139 cm³/mol. The number of nitrogens with zero attached hydrogens (tertiary/aromatic N) is 2. The van der Waals surface area contributed by atoms with Gasteiger partial charge in [0.05, 0.1) is 11.2 Å². The molecule has 5 heteroatoms. The highest BCUT2D eigenvalue weighted by Gasteiger charge is 2.11. The van der Waals surface area contributed by atoms with Gasteiger partial charge in [-0.2, -0.15) is 0 Å². The fourth-order valence-electron chi connectivity index (χ4n) is 3.79. The van der Waals surface area contributed by atoms with Crippen molar-refractivity contribution in [2.45, 2.75) is 13.8 Å². The number of hydrogen-bond acceptors (Lipinski definition) is 4. The maximum atomic E-state index is 12.6. The van der Waals surface area contributed by atoms with Crippen LogP contribution in [0.15, 0.2) is 97.1 Å². The van der Waals surface area contributed by atoms with Crippen LogP contribution in [-0.2, 0) is 0 Å². The van der Waals surface area contributed by atoms with Gasteiger partial charge in [0.2, 0.25) is 5.95 Å². The number of benzene rings is 4. The van der Waals surface area contributed by atoms with Crippen molar-refractivity contribution in [1.82, 2.24) is 9.97 Å². The molecule has 0 spiro atoms. The summed E-state index contributed by atoms with van der Waals surface area (Å²) in [7, 11) is 0. The molecule has 0 atom stereocenters. The van der Waals surface area contributed by atoms with E-state index < -0.39 is 0 Å². The molecule has 5 nitrogen and oxygen atoms in total. The Kier molecular flexibility index (Phi) is 5.75. The Balaban J connectivity index is 1.40. The summed E-state index contributed by atoms with van der Waals surface area (Å²) < 4.78 is 0. The third kappa shape index (κ3) is 4.64. The van der Waals surface area contributed by atoms with Gasteiger partial charge in [-0.1, -0.05) is 59.7 Å². The number of carbonyl (C=O) groups excluding carboxylic acids is 1. The van der Waals surface area contributed by atoms with Crippen molar-refractivity contribution >= 4 is 34.1 Å². The third-order valence-corrected chi connectivity index (χ3v) is 5.61. The Morgan fingerprint density at radius 3 is 2.12 bits per heavy atom. The van der Waals surface area contributed by atoms with Crippen molar-refractivity contribution in [2.75, 3.05) is 10.6 Å². The molecule has 1 aromatic heterocycles. The number of rotatable bonds is 5. The molecule has 5 aromatic rings. The van der Waals surface area contributed by atoms with E-state index in [2.05, 4.69) is 41.8 Å². The summed E-state index contributed by atoms with van der Waals surface area (Å²) in [5, 5.41) is 7.22. The van der Waals surface area contributed by atoms with Crippen LogP contribution in [0.25, 0.3) is 22.2 Å². The van der Waals surface area contributed by atoms with Gasteiger partial charge in [0.25, 0.3) is 5.91 Å². The molecule has 0 aliphatic carbocycles. The van der Waals surface area contributed by atoms with Crippen molar-refractivity contribution in [3.63, 3.8) is 0 Å². The first-order valence-electron chi connectivity index (χ1n) is 11.1. The van der Waals surface area contributed by atoms with Crippen LogP contribution < -0.4 is 10.6 Å². The van der Waals surface area contributed by atoms with Crippen molar-refractivity contribution in [1.29, 1.82) is 0 Å². The Labute approximate surface area is 198 Å². The largest absolute Gasteiger partial charge is 0.324 e. The Morgan fingerprint density at radius 2 is 1.38 bits per heavy atom. The van der Waals surface area contributed by atoms with Crippen LogP contribution in [0.3, 0.4) is 0 Å². The maximum absolute atomic E-state index is 12.6. The number of carbonyl (C=O) groups is 1. The number of amides is 1. The summed E-state index contributed by atoms with van der Waals surface area (Å²) >= 11 is 0. The average molecular weight is 445 g/mol. The molecule has 0 aliphatic heterocycles. The number of aromatic nitrogens is 2. The summed E-state index contributed by atoms with van der Waals surface area (Å²) in [6.45, 7) is 4.08. The smallest absolute Gasteiger partial charge is 0.255 e. The Morgan fingerprint density at radius 1 is 0.706 bits per heavy atom. The summed E-state index contributed by atoms with van der Waals surface area (Å²) in [6.07, 6.45) is 0. The number of hydrogen-bond donors (Lipinski definition) is 2. The van der Waals surface area contributed by atoms with E-state index in [0.717, 1.165) is 44.7 Å². The molecule has 2 N–H and O–H groups in total. The Hall–Kier alpha value is -4.51. The minimum absolute atomic E-state index is 0.154. The van der Waals surface area contributed by atoms with E-state index in [1.54, 1.807) is 12.1 Å². The van der Waals surface area contributed by atoms with Crippen LogP contribution in [0.4, 0.5) is 17.3 Å². The van der Waals surface area contributed by atoms with Gasteiger partial charge in [-0.05, 0) is 62.4 Å². The third-order valence-electron chi connectivity index (χ3n) is 5.61. The van der Waals surface area contributed by atoms with E-state index in [1.807, 2.05) is 67.6 Å². The van der Waals surface area contributed by atoms with E-state index in [9.17, 15) is 4.79 Å². The van der Waals surface area contributed by atoms with Crippen molar-refractivity contribution < 1.29 is 4.79 Å². The van der Waals surface area contributed by atoms with Gasteiger partial charge in [-0.15, -0.1) is 0 Å². The highest BCUT2D eigenvalue weighted by atomic mass is 16.1. The van der Waals surface area contributed by atoms with Gasteiger partial charge in [0, 0.05) is 27.9 Å². The maximum Gasteiger partial charge on any atom is 0.255 e. The SMILES string of the molecule is Cc1ccc(NC(=O)c2ccc(Nc3nc(-c4ccccc4)c4cc(C)ccc4n3)cc2)cc1. The molecule has 0 unspecified atom stereocenters. The first-order chi connectivity index (χ1) is 16.5. The molecule has 0 saturated carbocycles. The molecule has 1 heterocycles. The number of aryl methyl sites for hydroxylation is 2. The normalized spacial score (nSPS) is 10.8. The van der Waals surface area contributed by atoms with Crippen LogP contribution in [0, 0.1) is 13.8 Å². The van der Waals surface area contributed by atoms with Gasteiger partial charge in [0.1, 0.15) is 0 Å². The van der Waals surface area contributed by atoms with Gasteiger partial charge in [0.15, 0.2) is 0 Å². The molecule has 34 heavy (non-hydrogen) atoms. The number of fused-ring (bicyclic) bond motifs is 1. The summed E-state index contributed by atoms with van der Waals surface area (Å²) in [6, 6.07) is 31.3.